The third-order valence-electron chi connectivity index (χ3n) is 2.44. The molecule has 0 bridgehead atoms. The highest BCUT2D eigenvalue weighted by molar-refractivity contribution is 7.09. The second kappa shape index (κ2) is 5.74. The monoisotopic (exact) mass is 266 g/mol. The number of nitrogens with two attached hydrogens (primary N) is 1. The normalized spacial score (nSPS) is 12.3. The zero-order valence-corrected chi connectivity index (χ0v) is 10.8. The Morgan fingerprint density at radius 2 is 2.50 bits per heavy atom. The molecule has 1 unspecified atom stereocenters. The first kappa shape index (κ1) is 12.7. The largest absolute Gasteiger partial charge is 0.468 e. The van der Waals surface area contributed by atoms with Gasteiger partial charge in [0.15, 0.2) is 0 Å². The van der Waals surface area contributed by atoms with Crippen molar-refractivity contribution in [1.29, 1.82) is 0 Å². The number of carbonyl (C=O) groups is 1. The van der Waals surface area contributed by atoms with Gasteiger partial charge in [-0.3, -0.25) is 9.78 Å². The van der Waals surface area contributed by atoms with E-state index in [9.17, 15) is 4.79 Å². The molecule has 2 heterocycles. The summed E-state index contributed by atoms with van der Waals surface area (Å²) in [5.41, 5.74) is 8.24. The van der Waals surface area contributed by atoms with Gasteiger partial charge >= 0.3 is 5.97 Å². The van der Waals surface area contributed by atoms with Gasteiger partial charge in [-0.15, -0.1) is 11.3 Å². The molecular formula is C11H14N4O2S. The molecule has 0 aliphatic carbocycles. The van der Waals surface area contributed by atoms with Gasteiger partial charge in [-0.1, -0.05) is 0 Å². The predicted octanol–water partition coefficient (Wildman–Crippen LogP) is 0.431. The number of nitrogens with zero attached hydrogens (tertiary/aromatic N) is 3. The van der Waals surface area contributed by atoms with Crippen LogP contribution >= 0.6 is 11.3 Å². The third-order valence-corrected chi connectivity index (χ3v) is 3.21. The lowest BCUT2D eigenvalue weighted by Crippen LogP contribution is -2.33. The lowest BCUT2D eigenvalue weighted by molar-refractivity contribution is -0.142. The SMILES string of the molecule is COC(=O)C(N)Cc1cn(Cc2cncs2)cn1. The standard InChI is InChI=1S/C11H14N4O2S/c1-17-11(16)10(12)2-8-4-15(6-14-8)5-9-3-13-7-18-9/h3-4,6-7,10H,2,5,12H2,1H3. The summed E-state index contributed by atoms with van der Waals surface area (Å²) in [6.45, 7) is 0.727. The number of ether oxygens (including phenoxy) is 1. The van der Waals surface area contributed by atoms with Crippen LogP contribution in [0.3, 0.4) is 0 Å². The van der Waals surface area contributed by atoms with Gasteiger partial charge in [-0.2, -0.15) is 0 Å². The average molecular weight is 266 g/mol. The Kier molecular flexibility index (Phi) is 4.06. The van der Waals surface area contributed by atoms with Crippen molar-refractivity contribution in [2.75, 3.05) is 7.11 Å². The van der Waals surface area contributed by atoms with Gasteiger partial charge in [0.2, 0.25) is 0 Å². The smallest absolute Gasteiger partial charge is 0.323 e. The van der Waals surface area contributed by atoms with E-state index < -0.39 is 12.0 Å². The van der Waals surface area contributed by atoms with Crippen LogP contribution < -0.4 is 5.73 Å². The minimum absolute atomic E-state index is 0.377. The van der Waals surface area contributed by atoms with Crippen LogP contribution in [0.15, 0.2) is 24.2 Å². The second-order valence-corrected chi connectivity index (χ2v) is 4.81. The van der Waals surface area contributed by atoms with Gasteiger partial charge in [0.1, 0.15) is 6.04 Å². The van der Waals surface area contributed by atoms with Crippen molar-refractivity contribution >= 4 is 17.3 Å². The second-order valence-electron chi connectivity index (χ2n) is 3.84. The molecule has 1 atom stereocenters. The van der Waals surface area contributed by atoms with E-state index in [1.54, 1.807) is 23.2 Å². The Hall–Kier alpha value is -1.73. The number of hydrogen-bond donors (Lipinski definition) is 1. The van der Waals surface area contributed by atoms with E-state index in [1.165, 1.54) is 7.11 Å². The molecule has 0 aliphatic heterocycles. The number of rotatable bonds is 5. The van der Waals surface area contributed by atoms with Crippen molar-refractivity contribution < 1.29 is 9.53 Å². The molecule has 0 radical (unpaired) electrons. The molecule has 0 spiro atoms. The van der Waals surface area contributed by atoms with Crippen molar-refractivity contribution in [2.24, 2.45) is 5.73 Å². The van der Waals surface area contributed by atoms with Crippen molar-refractivity contribution in [1.82, 2.24) is 14.5 Å². The topological polar surface area (TPSA) is 83.0 Å². The van der Waals surface area contributed by atoms with Gasteiger partial charge in [-0.25, -0.2) is 4.98 Å². The molecule has 2 aromatic heterocycles. The highest BCUT2D eigenvalue weighted by atomic mass is 32.1. The van der Waals surface area contributed by atoms with Gasteiger partial charge in [0.25, 0.3) is 0 Å². The van der Waals surface area contributed by atoms with Crippen molar-refractivity contribution in [3.05, 3.63) is 34.8 Å². The summed E-state index contributed by atoms with van der Waals surface area (Å²) in [4.78, 5) is 20.6. The summed E-state index contributed by atoms with van der Waals surface area (Å²) >= 11 is 1.59. The van der Waals surface area contributed by atoms with E-state index in [1.807, 2.05) is 17.0 Å². The first-order valence-corrected chi connectivity index (χ1v) is 6.28. The zero-order chi connectivity index (χ0) is 13.0. The van der Waals surface area contributed by atoms with Crippen LogP contribution in [0.5, 0.6) is 0 Å². The highest BCUT2D eigenvalue weighted by Crippen LogP contribution is 2.09. The highest BCUT2D eigenvalue weighted by Gasteiger charge is 2.15. The van der Waals surface area contributed by atoms with E-state index in [2.05, 4.69) is 14.7 Å². The Morgan fingerprint density at radius 1 is 1.67 bits per heavy atom. The van der Waals surface area contributed by atoms with Crippen LogP contribution in [-0.2, 0) is 22.5 Å². The molecule has 0 fully saturated rings. The number of imidazole rings is 1. The van der Waals surface area contributed by atoms with Gasteiger partial charge < -0.3 is 15.0 Å². The molecule has 0 saturated heterocycles. The van der Waals surface area contributed by atoms with Crippen LogP contribution in [-0.4, -0.2) is 33.7 Å². The van der Waals surface area contributed by atoms with E-state index in [0.717, 1.165) is 17.1 Å². The Bertz CT molecular complexity index is 509. The number of thiazole rings is 1. The first-order valence-electron chi connectivity index (χ1n) is 5.40. The summed E-state index contributed by atoms with van der Waals surface area (Å²) in [7, 11) is 1.32. The van der Waals surface area contributed by atoms with Crippen molar-refractivity contribution in [3.8, 4) is 0 Å². The Morgan fingerprint density at radius 3 is 3.17 bits per heavy atom. The molecular weight excluding hydrogens is 252 g/mol. The molecule has 2 rings (SSSR count). The maximum Gasteiger partial charge on any atom is 0.323 e. The van der Waals surface area contributed by atoms with Crippen molar-refractivity contribution in [2.45, 2.75) is 19.0 Å². The van der Waals surface area contributed by atoms with Gasteiger partial charge in [-0.05, 0) is 0 Å². The molecule has 0 aliphatic rings. The minimum Gasteiger partial charge on any atom is -0.468 e. The van der Waals surface area contributed by atoms with Crippen LogP contribution in [0.2, 0.25) is 0 Å². The first-order chi connectivity index (χ1) is 8.69. The molecule has 0 amide bonds. The minimum atomic E-state index is -0.665. The predicted molar refractivity (Wildman–Crippen MR) is 67.1 cm³/mol. The Labute approximate surface area is 108 Å². The number of aromatic nitrogens is 3. The summed E-state index contributed by atoms with van der Waals surface area (Å²) in [5, 5.41) is 0. The lowest BCUT2D eigenvalue weighted by atomic mass is 10.2. The fraction of sp³-hybridized carbons (Fsp3) is 0.364. The molecule has 96 valence electrons. The zero-order valence-electron chi connectivity index (χ0n) is 9.94. The molecule has 6 nitrogen and oxygen atoms in total. The van der Waals surface area contributed by atoms with E-state index in [0.29, 0.717) is 6.42 Å². The Balaban J connectivity index is 1.96. The lowest BCUT2D eigenvalue weighted by Gasteiger charge is -2.06. The summed E-state index contributed by atoms with van der Waals surface area (Å²) in [5.74, 6) is -0.424. The fourth-order valence-electron chi connectivity index (χ4n) is 1.56. The summed E-state index contributed by atoms with van der Waals surface area (Å²) < 4.78 is 6.51. The number of carbonyl (C=O) groups excluding carboxylic acids is 1. The van der Waals surface area contributed by atoms with Crippen LogP contribution in [0.25, 0.3) is 0 Å². The van der Waals surface area contributed by atoms with Gasteiger partial charge in [0.05, 0.1) is 31.2 Å². The summed E-state index contributed by atoms with van der Waals surface area (Å²) in [6.07, 6.45) is 5.80. The average Bonchev–Trinajstić information content (AvgIpc) is 3.01. The van der Waals surface area contributed by atoms with Gasteiger partial charge in [0, 0.05) is 23.7 Å². The number of hydrogen-bond acceptors (Lipinski definition) is 6. The maximum atomic E-state index is 11.2. The van der Waals surface area contributed by atoms with Crippen LogP contribution in [0.4, 0.5) is 0 Å². The quantitative estimate of drug-likeness (QED) is 0.793. The molecule has 2 N–H and O–H groups in total. The molecule has 18 heavy (non-hydrogen) atoms. The van der Waals surface area contributed by atoms with Crippen molar-refractivity contribution in [3.63, 3.8) is 0 Å². The van der Waals surface area contributed by atoms with Crippen LogP contribution in [0.1, 0.15) is 10.6 Å². The summed E-state index contributed by atoms with van der Waals surface area (Å²) in [6, 6.07) is -0.665. The third kappa shape index (κ3) is 3.14. The molecule has 0 aromatic carbocycles. The number of methoxy groups -OCH3 is 1. The van der Waals surface area contributed by atoms with E-state index >= 15 is 0 Å². The molecule has 2 aromatic rings. The molecule has 0 saturated carbocycles. The number of esters is 1. The van der Waals surface area contributed by atoms with E-state index in [-0.39, 0.29) is 0 Å². The van der Waals surface area contributed by atoms with E-state index in [4.69, 9.17) is 5.73 Å². The fourth-order valence-corrected chi connectivity index (χ4v) is 2.16. The van der Waals surface area contributed by atoms with Crippen LogP contribution in [0, 0.1) is 0 Å². The maximum absolute atomic E-state index is 11.2. The molecule has 7 heteroatoms.